The van der Waals surface area contributed by atoms with Gasteiger partial charge in [-0.05, 0) is 6.92 Å². The van der Waals surface area contributed by atoms with Crippen LogP contribution in [-0.4, -0.2) is 32.6 Å². The maximum atomic E-state index is 11.8. The molecule has 0 spiro atoms. The number of nitrogens with two attached hydrogens (primary N) is 1. The Labute approximate surface area is 120 Å². The summed E-state index contributed by atoms with van der Waals surface area (Å²) >= 11 is 0. The zero-order valence-electron chi connectivity index (χ0n) is 11.4. The largest absolute Gasteiger partial charge is 0.462 e. The molecule has 0 aliphatic carbocycles. The second-order valence-electron chi connectivity index (χ2n) is 4.33. The van der Waals surface area contributed by atoms with Crippen LogP contribution < -0.4 is 5.73 Å². The van der Waals surface area contributed by atoms with Gasteiger partial charge in [-0.3, -0.25) is 0 Å². The first-order valence-corrected chi connectivity index (χ1v) is 6.43. The van der Waals surface area contributed by atoms with Crippen molar-refractivity contribution in [2.45, 2.75) is 6.92 Å². The summed E-state index contributed by atoms with van der Waals surface area (Å²) in [6.45, 7) is 2.01. The van der Waals surface area contributed by atoms with Gasteiger partial charge in [0.1, 0.15) is 11.4 Å². The molecule has 0 fully saturated rings. The van der Waals surface area contributed by atoms with E-state index in [0.29, 0.717) is 5.82 Å². The molecule has 3 aromatic rings. The van der Waals surface area contributed by atoms with E-state index >= 15 is 0 Å². The number of benzene rings is 1. The van der Waals surface area contributed by atoms with E-state index in [1.165, 1.54) is 10.9 Å². The number of esters is 1. The molecule has 21 heavy (non-hydrogen) atoms. The van der Waals surface area contributed by atoms with E-state index in [-0.39, 0.29) is 18.0 Å². The number of hydrogen-bond acceptors (Lipinski definition) is 6. The number of carbonyl (C=O) groups excluding carboxylic acids is 1. The van der Waals surface area contributed by atoms with Gasteiger partial charge < -0.3 is 10.5 Å². The topological polar surface area (TPSA) is 95.9 Å². The summed E-state index contributed by atoms with van der Waals surface area (Å²) in [4.78, 5) is 11.8. The predicted molar refractivity (Wildman–Crippen MR) is 77.0 cm³/mol. The first-order valence-electron chi connectivity index (χ1n) is 6.43. The number of aromatic nitrogens is 4. The molecular weight excluding hydrogens is 270 g/mol. The SMILES string of the molecule is CCOC(=O)c1cnn(-c2nncc3ccccc23)c1N. The molecular formula is C14H13N5O2. The summed E-state index contributed by atoms with van der Waals surface area (Å²) < 4.78 is 6.33. The van der Waals surface area contributed by atoms with E-state index in [9.17, 15) is 4.79 Å². The zero-order valence-corrected chi connectivity index (χ0v) is 11.4. The van der Waals surface area contributed by atoms with Crippen molar-refractivity contribution in [2.75, 3.05) is 12.3 Å². The average Bonchev–Trinajstić information content (AvgIpc) is 2.88. The summed E-state index contributed by atoms with van der Waals surface area (Å²) in [6, 6.07) is 7.60. The molecule has 0 saturated carbocycles. The highest BCUT2D eigenvalue weighted by Crippen LogP contribution is 2.22. The fraction of sp³-hybridized carbons (Fsp3) is 0.143. The van der Waals surface area contributed by atoms with Gasteiger partial charge in [0.25, 0.3) is 0 Å². The summed E-state index contributed by atoms with van der Waals surface area (Å²) in [7, 11) is 0. The average molecular weight is 283 g/mol. The number of nitrogens with zero attached hydrogens (tertiary/aromatic N) is 4. The Balaban J connectivity index is 2.14. The van der Waals surface area contributed by atoms with Crippen LogP contribution in [0.5, 0.6) is 0 Å². The normalized spacial score (nSPS) is 10.7. The minimum absolute atomic E-state index is 0.180. The molecule has 0 aliphatic heterocycles. The quantitative estimate of drug-likeness (QED) is 0.733. The molecule has 7 heteroatoms. The third-order valence-corrected chi connectivity index (χ3v) is 3.05. The van der Waals surface area contributed by atoms with Crippen LogP contribution in [0.25, 0.3) is 16.6 Å². The van der Waals surface area contributed by atoms with Gasteiger partial charge in [-0.25, -0.2) is 4.79 Å². The van der Waals surface area contributed by atoms with E-state index in [4.69, 9.17) is 10.5 Å². The Morgan fingerprint density at radius 3 is 2.95 bits per heavy atom. The lowest BCUT2D eigenvalue weighted by Crippen LogP contribution is -2.10. The summed E-state index contributed by atoms with van der Waals surface area (Å²) in [5, 5.41) is 13.9. The lowest BCUT2D eigenvalue weighted by molar-refractivity contribution is 0.0527. The lowest BCUT2D eigenvalue weighted by atomic mass is 10.2. The minimum atomic E-state index is -0.505. The van der Waals surface area contributed by atoms with Crippen LogP contribution in [0.3, 0.4) is 0 Å². The van der Waals surface area contributed by atoms with Crippen LogP contribution in [0.4, 0.5) is 5.82 Å². The molecule has 0 atom stereocenters. The summed E-state index contributed by atoms with van der Waals surface area (Å²) in [6.07, 6.45) is 3.03. The van der Waals surface area contributed by atoms with E-state index in [1.54, 1.807) is 13.1 Å². The molecule has 0 bridgehead atoms. The van der Waals surface area contributed by atoms with Crippen molar-refractivity contribution in [1.82, 2.24) is 20.0 Å². The number of rotatable bonds is 3. The van der Waals surface area contributed by atoms with Crippen LogP contribution in [-0.2, 0) is 4.74 Å². The monoisotopic (exact) mass is 283 g/mol. The third kappa shape index (κ3) is 2.18. The highest BCUT2D eigenvalue weighted by molar-refractivity contribution is 5.95. The molecule has 0 saturated heterocycles. The van der Waals surface area contributed by atoms with E-state index in [1.807, 2.05) is 24.3 Å². The smallest absolute Gasteiger partial charge is 0.343 e. The van der Waals surface area contributed by atoms with Crippen LogP contribution in [0.1, 0.15) is 17.3 Å². The summed E-state index contributed by atoms with van der Waals surface area (Å²) in [5.41, 5.74) is 6.20. The van der Waals surface area contributed by atoms with Gasteiger partial charge in [-0.1, -0.05) is 24.3 Å². The van der Waals surface area contributed by atoms with E-state index in [0.717, 1.165) is 10.8 Å². The second-order valence-corrected chi connectivity index (χ2v) is 4.33. The highest BCUT2D eigenvalue weighted by atomic mass is 16.5. The maximum Gasteiger partial charge on any atom is 0.343 e. The van der Waals surface area contributed by atoms with Crippen molar-refractivity contribution in [3.05, 3.63) is 42.2 Å². The molecule has 2 N–H and O–H groups in total. The van der Waals surface area contributed by atoms with Crippen molar-refractivity contribution in [3.63, 3.8) is 0 Å². The Morgan fingerprint density at radius 2 is 2.14 bits per heavy atom. The van der Waals surface area contributed by atoms with Crippen molar-refractivity contribution in [1.29, 1.82) is 0 Å². The van der Waals surface area contributed by atoms with E-state index < -0.39 is 5.97 Å². The number of hydrogen-bond donors (Lipinski definition) is 1. The number of fused-ring (bicyclic) bond motifs is 1. The molecule has 2 heterocycles. The maximum absolute atomic E-state index is 11.8. The van der Waals surface area contributed by atoms with Crippen molar-refractivity contribution < 1.29 is 9.53 Å². The Bertz CT molecular complexity index is 807. The van der Waals surface area contributed by atoms with Crippen LogP contribution >= 0.6 is 0 Å². The third-order valence-electron chi connectivity index (χ3n) is 3.05. The molecule has 0 unspecified atom stereocenters. The molecule has 0 radical (unpaired) electrons. The molecule has 7 nitrogen and oxygen atoms in total. The van der Waals surface area contributed by atoms with Gasteiger partial charge in [0.15, 0.2) is 5.82 Å². The first kappa shape index (κ1) is 13.0. The zero-order chi connectivity index (χ0) is 14.8. The van der Waals surface area contributed by atoms with Gasteiger partial charge >= 0.3 is 5.97 Å². The number of nitrogen functional groups attached to an aromatic ring is 1. The number of carbonyl (C=O) groups is 1. The first-order chi connectivity index (χ1) is 10.2. The van der Waals surface area contributed by atoms with Gasteiger partial charge in [-0.2, -0.15) is 14.9 Å². The Hall–Kier alpha value is -2.96. The number of anilines is 1. The fourth-order valence-corrected chi connectivity index (χ4v) is 2.06. The fourth-order valence-electron chi connectivity index (χ4n) is 2.06. The van der Waals surface area contributed by atoms with Gasteiger partial charge in [-0.15, -0.1) is 5.10 Å². The van der Waals surface area contributed by atoms with Crippen LogP contribution in [0, 0.1) is 0 Å². The molecule has 106 valence electrons. The van der Waals surface area contributed by atoms with Crippen molar-refractivity contribution in [3.8, 4) is 5.82 Å². The predicted octanol–water partition coefficient (Wildman–Crippen LogP) is 1.57. The van der Waals surface area contributed by atoms with Crippen molar-refractivity contribution >= 4 is 22.6 Å². The summed E-state index contributed by atoms with van der Waals surface area (Å²) in [5.74, 6) is 0.148. The molecule has 3 rings (SSSR count). The van der Waals surface area contributed by atoms with Gasteiger partial charge in [0.2, 0.25) is 0 Å². The Morgan fingerprint density at radius 1 is 1.33 bits per heavy atom. The standard InChI is InChI=1S/C14H13N5O2/c1-2-21-14(20)11-8-17-19(12(11)15)13-10-6-4-3-5-9(10)7-16-18-13/h3-8H,2,15H2,1H3. The van der Waals surface area contributed by atoms with Gasteiger partial charge in [0, 0.05) is 10.8 Å². The molecule has 0 aliphatic rings. The lowest BCUT2D eigenvalue weighted by Gasteiger charge is -2.06. The highest BCUT2D eigenvalue weighted by Gasteiger charge is 2.19. The molecule has 1 aromatic carbocycles. The van der Waals surface area contributed by atoms with Crippen LogP contribution in [0.15, 0.2) is 36.7 Å². The van der Waals surface area contributed by atoms with E-state index in [2.05, 4.69) is 15.3 Å². The van der Waals surface area contributed by atoms with Gasteiger partial charge in [0.05, 0.1) is 19.0 Å². The minimum Gasteiger partial charge on any atom is -0.462 e. The van der Waals surface area contributed by atoms with Crippen molar-refractivity contribution in [2.24, 2.45) is 0 Å². The molecule has 2 aromatic heterocycles. The molecule has 0 amide bonds. The second kappa shape index (κ2) is 5.20. The Kier molecular flexibility index (Phi) is 3.23. The number of ether oxygens (including phenoxy) is 1. The van der Waals surface area contributed by atoms with Crippen LogP contribution in [0.2, 0.25) is 0 Å².